The van der Waals surface area contributed by atoms with Gasteiger partial charge < -0.3 is 20.1 Å². The molecule has 10 heteroatoms. The number of hydrogen-bond acceptors (Lipinski definition) is 3. The molecule has 2 aromatic carbocycles. The van der Waals surface area contributed by atoms with Crippen LogP contribution in [0, 0.1) is 19.8 Å². The largest absolute Gasteiger partial charge is 0.351 e. The molecule has 2 aromatic heterocycles. The number of benzene rings is 2. The fourth-order valence-corrected chi connectivity index (χ4v) is 6.16. The highest BCUT2D eigenvalue weighted by atomic mass is 35.5. The average molecular weight is 613 g/mol. The number of pyridine rings is 1. The Labute approximate surface area is 254 Å². The molecule has 1 saturated heterocycles. The quantitative estimate of drug-likeness (QED) is 0.215. The highest BCUT2D eigenvalue weighted by Crippen LogP contribution is 2.45. The van der Waals surface area contributed by atoms with Crippen molar-refractivity contribution in [2.24, 2.45) is 5.92 Å². The number of rotatable bonds is 6. The Morgan fingerprint density at radius 1 is 1.02 bits per heavy atom. The van der Waals surface area contributed by atoms with Crippen LogP contribution in [0.25, 0.3) is 5.69 Å². The summed E-state index contributed by atoms with van der Waals surface area (Å²) >= 11 is 25.4. The molecule has 0 saturated carbocycles. The molecule has 1 aliphatic rings. The predicted octanol–water partition coefficient (Wildman–Crippen LogP) is 8.22. The van der Waals surface area contributed by atoms with Gasteiger partial charge in [-0.2, -0.15) is 0 Å². The molecule has 40 heavy (non-hydrogen) atoms. The number of aryl methyl sites for hydroxylation is 1. The van der Waals surface area contributed by atoms with Gasteiger partial charge in [0.2, 0.25) is 5.91 Å². The van der Waals surface area contributed by atoms with Crippen LogP contribution in [0.5, 0.6) is 0 Å². The molecule has 1 aliphatic heterocycles. The summed E-state index contributed by atoms with van der Waals surface area (Å²) in [6.07, 6.45) is 1.78. The molecular formula is C30H28Cl3N5OS. The summed E-state index contributed by atoms with van der Waals surface area (Å²) in [4.78, 5) is 19.0. The summed E-state index contributed by atoms with van der Waals surface area (Å²) in [6.45, 7) is 7.79. The van der Waals surface area contributed by atoms with Gasteiger partial charge >= 0.3 is 0 Å². The maximum Gasteiger partial charge on any atom is 0.226 e. The Morgan fingerprint density at radius 2 is 1.80 bits per heavy atom. The summed E-state index contributed by atoms with van der Waals surface area (Å²) in [6, 6.07) is 18.6. The van der Waals surface area contributed by atoms with Gasteiger partial charge in [0.1, 0.15) is 0 Å². The van der Waals surface area contributed by atoms with E-state index in [4.69, 9.17) is 47.0 Å². The van der Waals surface area contributed by atoms with E-state index >= 15 is 0 Å². The van der Waals surface area contributed by atoms with Crippen molar-refractivity contribution in [2.45, 2.75) is 39.8 Å². The van der Waals surface area contributed by atoms with Crippen molar-refractivity contribution in [3.05, 3.63) is 105 Å². The van der Waals surface area contributed by atoms with E-state index in [1.54, 1.807) is 12.3 Å². The molecule has 0 spiro atoms. The van der Waals surface area contributed by atoms with Crippen LogP contribution in [-0.4, -0.2) is 20.6 Å². The predicted molar refractivity (Wildman–Crippen MR) is 168 cm³/mol. The third kappa shape index (κ3) is 5.31. The van der Waals surface area contributed by atoms with Gasteiger partial charge in [0.05, 0.1) is 39.2 Å². The topological polar surface area (TPSA) is 62.2 Å². The molecule has 2 atom stereocenters. The summed E-state index contributed by atoms with van der Waals surface area (Å²) in [5.74, 6) is -0.270. The van der Waals surface area contributed by atoms with E-state index in [0.29, 0.717) is 25.9 Å². The molecular weight excluding hydrogens is 585 g/mol. The van der Waals surface area contributed by atoms with Crippen LogP contribution in [-0.2, 0) is 4.79 Å². The van der Waals surface area contributed by atoms with Crippen LogP contribution in [0.4, 0.5) is 11.4 Å². The Balaban J connectivity index is 1.63. The molecule has 0 radical (unpaired) electrons. The number of amides is 1. The molecule has 0 aliphatic carbocycles. The van der Waals surface area contributed by atoms with Crippen LogP contribution >= 0.6 is 47.0 Å². The van der Waals surface area contributed by atoms with Gasteiger partial charge in [-0.1, -0.05) is 54.7 Å². The van der Waals surface area contributed by atoms with Crippen molar-refractivity contribution < 1.29 is 4.79 Å². The highest BCUT2D eigenvalue weighted by Gasteiger charge is 2.42. The lowest BCUT2D eigenvalue weighted by atomic mass is 9.96. The van der Waals surface area contributed by atoms with Crippen molar-refractivity contribution in [1.82, 2.24) is 14.9 Å². The van der Waals surface area contributed by atoms with Crippen molar-refractivity contribution in [3.8, 4) is 5.69 Å². The number of anilines is 2. The second kappa shape index (κ2) is 11.4. The molecule has 1 amide bonds. The minimum absolute atomic E-state index is 0.102. The molecule has 1 fully saturated rings. The molecule has 2 N–H and O–H groups in total. The summed E-state index contributed by atoms with van der Waals surface area (Å²) in [5, 5.41) is 8.49. The third-order valence-corrected chi connectivity index (χ3v) is 8.22. The third-order valence-electron chi connectivity index (χ3n) is 7.05. The van der Waals surface area contributed by atoms with E-state index in [9.17, 15) is 4.79 Å². The van der Waals surface area contributed by atoms with Crippen LogP contribution in [0.15, 0.2) is 66.9 Å². The number of aromatic nitrogens is 2. The molecule has 6 nitrogen and oxygen atoms in total. The second-order valence-electron chi connectivity index (χ2n) is 10.1. The van der Waals surface area contributed by atoms with E-state index in [1.165, 1.54) is 0 Å². The van der Waals surface area contributed by atoms with Crippen molar-refractivity contribution in [3.63, 3.8) is 0 Å². The first-order valence-electron chi connectivity index (χ1n) is 12.8. The SMILES string of the molecule is Cc1cc([C@H]2[C@@H](c3ccccn3)NC(=S)N2c2ccc(NC(=O)C(C)C)c(Cl)c2)c(C)n1-c1ccc(Cl)cc1Cl. The number of thiocarbonyl (C=S) groups is 1. The second-order valence-corrected chi connectivity index (χ2v) is 11.7. The van der Waals surface area contributed by atoms with Gasteiger partial charge in [0.25, 0.3) is 0 Å². The standard InChI is InChI=1S/C30H28Cl3N5OS/c1-16(2)29(39)35-24-10-9-20(15-22(24)32)38-28(27(36-30(38)40)25-7-5-6-12-34-25)21-13-17(3)37(18(21)4)26-11-8-19(31)14-23(26)33/h5-16,27-28H,1-4H3,(H,35,39)(H,36,40)/t27-,28+/m1/s1. The Kier molecular flexibility index (Phi) is 8.11. The number of carbonyl (C=O) groups is 1. The fourth-order valence-electron chi connectivity index (χ4n) is 5.10. The van der Waals surface area contributed by atoms with E-state index in [-0.39, 0.29) is 23.9 Å². The van der Waals surface area contributed by atoms with E-state index in [0.717, 1.165) is 34.0 Å². The number of hydrogen-bond donors (Lipinski definition) is 2. The van der Waals surface area contributed by atoms with E-state index in [2.05, 4.69) is 38.1 Å². The Hall–Kier alpha value is -3.10. The van der Waals surface area contributed by atoms with Gasteiger partial charge in [0, 0.05) is 34.2 Å². The molecule has 3 heterocycles. The van der Waals surface area contributed by atoms with Crippen LogP contribution < -0.4 is 15.5 Å². The maximum absolute atomic E-state index is 12.3. The lowest BCUT2D eigenvalue weighted by Gasteiger charge is -2.28. The number of nitrogens with one attached hydrogen (secondary N) is 2. The molecule has 0 unspecified atom stereocenters. The van der Waals surface area contributed by atoms with Crippen LogP contribution in [0.3, 0.4) is 0 Å². The molecule has 0 bridgehead atoms. The molecule has 4 aromatic rings. The van der Waals surface area contributed by atoms with Crippen molar-refractivity contribution in [1.29, 1.82) is 0 Å². The number of halogens is 3. The Morgan fingerprint density at radius 3 is 2.45 bits per heavy atom. The minimum Gasteiger partial charge on any atom is -0.351 e. The average Bonchev–Trinajstić information content (AvgIpc) is 3.41. The monoisotopic (exact) mass is 611 g/mol. The fraction of sp³-hybridized carbons (Fsp3) is 0.233. The van der Waals surface area contributed by atoms with Gasteiger partial charge in [-0.15, -0.1) is 0 Å². The zero-order chi connectivity index (χ0) is 28.7. The first-order valence-corrected chi connectivity index (χ1v) is 14.4. The van der Waals surface area contributed by atoms with Crippen LogP contribution in [0.2, 0.25) is 15.1 Å². The summed E-state index contributed by atoms with van der Waals surface area (Å²) < 4.78 is 2.13. The lowest BCUT2D eigenvalue weighted by molar-refractivity contribution is -0.118. The van der Waals surface area contributed by atoms with E-state index < -0.39 is 0 Å². The zero-order valence-corrected chi connectivity index (χ0v) is 25.5. The summed E-state index contributed by atoms with van der Waals surface area (Å²) in [5.41, 5.74) is 6.13. The van der Waals surface area contributed by atoms with Crippen LogP contribution in [0.1, 0.15) is 48.6 Å². The maximum atomic E-state index is 12.3. The Bertz CT molecular complexity index is 1600. The van der Waals surface area contributed by atoms with Gasteiger partial charge in [-0.25, -0.2) is 0 Å². The van der Waals surface area contributed by atoms with Gasteiger partial charge in [0.15, 0.2) is 5.11 Å². The lowest BCUT2D eigenvalue weighted by Crippen LogP contribution is -2.29. The first kappa shape index (κ1) is 28.4. The van der Waals surface area contributed by atoms with Gasteiger partial charge in [-0.05, 0) is 86.2 Å². The smallest absolute Gasteiger partial charge is 0.226 e. The molecule has 206 valence electrons. The number of nitrogens with zero attached hydrogens (tertiary/aromatic N) is 3. The minimum atomic E-state index is -0.249. The number of carbonyl (C=O) groups excluding carboxylic acids is 1. The molecule has 5 rings (SSSR count). The first-order chi connectivity index (χ1) is 19.1. The zero-order valence-electron chi connectivity index (χ0n) is 22.4. The highest BCUT2D eigenvalue weighted by molar-refractivity contribution is 7.80. The summed E-state index contributed by atoms with van der Waals surface area (Å²) in [7, 11) is 0. The van der Waals surface area contributed by atoms with Crippen molar-refractivity contribution >= 4 is 69.4 Å². The van der Waals surface area contributed by atoms with Gasteiger partial charge in [-0.3, -0.25) is 9.78 Å². The van der Waals surface area contributed by atoms with Crippen molar-refractivity contribution in [2.75, 3.05) is 10.2 Å². The van der Waals surface area contributed by atoms with E-state index in [1.807, 2.05) is 69.3 Å². The normalized spacial score (nSPS) is 16.9.